The third-order valence-electron chi connectivity index (χ3n) is 8.07. The van der Waals surface area contributed by atoms with Crippen LogP contribution in [0, 0.1) is 5.92 Å². The second kappa shape index (κ2) is 23.3. The monoisotopic (exact) mass is 805 g/mol. The Hall–Kier alpha value is -5.66. The van der Waals surface area contributed by atoms with Crippen LogP contribution in [-0.4, -0.2) is 170 Å². The highest BCUT2D eigenvalue weighted by atomic mass is 16.5. The van der Waals surface area contributed by atoms with Gasteiger partial charge in [0.25, 0.3) is 0 Å². The number of aliphatic hydroxyl groups is 4. The Kier molecular flexibility index (Phi) is 20.1. The van der Waals surface area contributed by atoms with E-state index in [1.807, 2.05) is 5.32 Å². The van der Waals surface area contributed by atoms with Gasteiger partial charge in [-0.1, -0.05) is 19.0 Å². The molecule has 56 heavy (non-hydrogen) atoms. The highest BCUT2D eigenvalue weighted by Crippen LogP contribution is 2.20. The molecular formula is C30H47N9O17. The number of amides is 6. The van der Waals surface area contributed by atoms with Gasteiger partial charge in [0, 0.05) is 17.9 Å². The van der Waals surface area contributed by atoms with Crippen LogP contribution in [0.25, 0.3) is 10.4 Å². The molecular weight excluding hydrogens is 758 g/mol. The number of aliphatic carboxylic acids is 3. The quantitative estimate of drug-likeness (QED) is 0.0260. The zero-order chi connectivity index (χ0) is 42.9. The molecule has 1 rings (SSSR count). The van der Waals surface area contributed by atoms with Crippen molar-refractivity contribution >= 4 is 53.4 Å². The van der Waals surface area contributed by atoms with Crippen LogP contribution in [0.3, 0.4) is 0 Å². The Balaban J connectivity index is 3.11. The molecule has 1 aliphatic heterocycles. The molecule has 2 unspecified atom stereocenters. The first-order valence-corrected chi connectivity index (χ1v) is 16.9. The van der Waals surface area contributed by atoms with Crippen molar-refractivity contribution in [3.63, 3.8) is 0 Å². The lowest BCUT2D eigenvalue weighted by Gasteiger charge is -2.40. The van der Waals surface area contributed by atoms with Crippen LogP contribution in [-0.2, 0) is 47.9 Å². The maximum atomic E-state index is 13.4. The molecule has 1 aliphatic rings. The number of rotatable bonds is 23. The summed E-state index contributed by atoms with van der Waals surface area (Å²) in [6, 6.07) is -8.42. The minimum Gasteiger partial charge on any atom is -0.481 e. The minimum absolute atomic E-state index is 0.467. The molecule has 0 aliphatic carbocycles. The van der Waals surface area contributed by atoms with E-state index in [-0.39, 0.29) is 0 Å². The zero-order valence-corrected chi connectivity index (χ0v) is 30.4. The van der Waals surface area contributed by atoms with Gasteiger partial charge in [0.1, 0.15) is 67.3 Å². The number of nitrogens with one attached hydrogen (secondary N) is 6. The average molecular weight is 806 g/mol. The van der Waals surface area contributed by atoms with Crippen molar-refractivity contribution in [2.24, 2.45) is 11.0 Å². The highest BCUT2D eigenvalue weighted by Gasteiger charge is 2.43. The summed E-state index contributed by atoms with van der Waals surface area (Å²) in [5, 5.41) is 83.2. The first kappa shape index (κ1) is 48.4. The van der Waals surface area contributed by atoms with Crippen LogP contribution in [0.4, 0.5) is 0 Å². The Morgan fingerprint density at radius 2 is 1.20 bits per heavy atom. The van der Waals surface area contributed by atoms with Crippen LogP contribution in [0.2, 0.25) is 0 Å². The SMILES string of the molecule is CC(C)[C@H](NC(=O)[C@H](CCC(=O)O)NC(=O)[C@H](CC(=O)O)NC(=O)CN=[N+]=[N-])C(=O)N[C@@H](CC(=O)O)C(=O)N[C@@H](C)C(=O)NC[C@@H]1O[C@H](CO)C(O)C(O)[C@H]1O. The number of aliphatic hydroxyl groups excluding tert-OH is 4. The Bertz CT molecular complexity index is 1510. The number of azide groups is 1. The van der Waals surface area contributed by atoms with Gasteiger partial charge in [0.2, 0.25) is 35.4 Å². The van der Waals surface area contributed by atoms with Crippen LogP contribution in [0.15, 0.2) is 5.11 Å². The topological polar surface area (TPSA) is 425 Å². The fourth-order valence-electron chi connectivity index (χ4n) is 5.04. The molecule has 6 amide bonds. The number of ether oxygens (including phenoxy) is 1. The van der Waals surface area contributed by atoms with Crippen molar-refractivity contribution in [1.29, 1.82) is 0 Å². The Labute approximate surface area is 317 Å². The van der Waals surface area contributed by atoms with E-state index in [0.29, 0.717) is 0 Å². The van der Waals surface area contributed by atoms with Crippen LogP contribution >= 0.6 is 0 Å². The van der Waals surface area contributed by atoms with E-state index in [9.17, 15) is 78.9 Å². The van der Waals surface area contributed by atoms with E-state index in [1.54, 1.807) is 0 Å². The second-order valence-electron chi connectivity index (χ2n) is 12.8. The average Bonchev–Trinajstić information content (AvgIpc) is 3.11. The summed E-state index contributed by atoms with van der Waals surface area (Å²) in [5.74, 6) is -12.1. The lowest BCUT2D eigenvalue weighted by molar-refractivity contribution is -0.227. The predicted octanol–water partition coefficient (Wildman–Crippen LogP) is -5.83. The third kappa shape index (κ3) is 16.0. The van der Waals surface area contributed by atoms with E-state index < -0.39 is 165 Å². The predicted molar refractivity (Wildman–Crippen MR) is 182 cm³/mol. The van der Waals surface area contributed by atoms with Crippen molar-refractivity contribution in [1.82, 2.24) is 31.9 Å². The van der Waals surface area contributed by atoms with Crippen molar-refractivity contribution in [2.45, 2.75) is 107 Å². The van der Waals surface area contributed by atoms with E-state index >= 15 is 0 Å². The summed E-state index contributed by atoms with van der Waals surface area (Å²) in [5.41, 5.74) is 8.39. The Morgan fingerprint density at radius 1 is 0.679 bits per heavy atom. The van der Waals surface area contributed by atoms with Gasteiger partial charge in [-0.3, -0.25) is 43.2 Å². The molecule has 0 bridgehead atoms. The maximum Gasteiger partial charge on any atom is 0.305 e. The number of carboxylic acid groups (broad SMARTS) is 3. The van der Waals surface area contributed by atoms with Crippen molar-refractivity contribution in [3.05, 3.63) is 10.4 Å². The van der Waals surface area contributed by atoms with Gasteiger partial charge in [-0.2, -0.15) is 0 Å². The standard InChI is InChI=1S/C30H47N9O17/c1-11(2)22(38-27(52)13(4-5-19(42)43)36-29(54)14(6-20(44)45)35-18(41)9-33-39-31)30(55)37-15(7-21(46)47)28(53)34-12(3)26(51)32-8-16-23(48)25(50)24(49)17(10-40)56-16/h11-17,22-25,40,48-50H,4-10H2,1-3H3,(H,32,51)(H,34,53)(H,35,41)(H,36,54)(H,37,55)(H,38,52)(H,42,43)(H,44,45)(H,46,47)/t12-,13-,14-,15-,16-,17+,22-,23-,24?,25?/m0/s1. The number of carbonyl (C=O) groups is 9. The number of carbonyl (C=O) groups excluding carboxylic acids is 6. The van der Waals surface area contributed by atoms with Gasteiger partial charge in [-0.25, -0.2) is 0 Å². The van der Waals surface area contributed by atoms with Crippen LogP contribution in [0.1, 0.15) is 46.5 Å². The molecule has 0 aromatic rings. The largest absolute Gasteiger partial charge is 0.481 e. The van der Waals surface area contributed by atoms with Gasteiger partial charge in [-0.15, -0.1) is 0 Å². The smallest absolute Gasteiger partial charge is 0.305 e. The van der Waals surface area contributed by atoms with Crippen molar-refractivity contribution in [3.8, 4) is 0 Å². The fourth-order valence-corrected chi connectivity index (χ4v) is 5.04. The molecule has 1 fully saturated rings. The van der Waals surface area contributed by atoms with E-state index in [2.05, 4.69) is 36.6 Å². The molecule has 1 heterocycles. The van der Waals surface area contributed by atoms with Gasteiger partial charge in [-0.05, 0) is 24.8 Å². The first-order chi connectivity index (χ1) is 26.1. The molecule has 10 atom stereocenters. The summed E-state index contributed by atoms with van der Waals surface area (Å²) in [6.07, 6.45) is -11.0. The van der Waals surface area contributed by atoms with Gasteiger partial charge >= 0.3 is 17.9 Å². The molecule has 26 heteroatoms. The normalized spacial score (nSPS) is 21.7. The summed E-state index contributed by atoms with van der Waals surface area (Å²) in [7, 11) is 0. The fraction of sp³-hybridized carbons (Fsp3) is 0.700. The molecule has 0 saturated carbocycles. The third-order valence-corrected chi connectivity index (χ3v) is 8.07. The van der Waals surface area contributed by atoms with Gasteiger partial charge < -0.3 is 72.4 Å². The van der Waals surface area contributed by atoms with Crippen LogP contribution < -0.4 is 31.9 Å². The zero-order valence-electron chi connectivity index (χ0n) is 30.4. The summed E-state index contributed by atoms with van der Waals surface area (Å²) < 4.78 is 5.29. The first-order valence-electron chi connectivity index (χ1n) is 16.9. The molecule has 1 saturated heterocycles. The van der Waals surface area contributed by atoms with E-state index in [0.717, 1.165) is 0 Å². The van der Waals surface area contributed by atoms with E-state index in [1.165, 1.54) is 20.8 Å². The number of carboxylic acids is 3. The van der Waals surface area contributed by atoms with Gasteiger partial charge in [0.05, 0.1) is 19.4 Å². The number of nitrogens with zero attached hydrogens (tertiary/aromatic N) is 3. The van der Waals surface area contributed by atoms with Gasteiger partial charge in [0.15, 0.2) is 0 Å². The minimum atomic E-state index is -1.85. The molecule has 26 nitrogen and oxygen atoms in total. The maximum absolute atomic E-state index is 13.4. The lowest BCUT2D eigenvalue weighted by atomic mass is 9.95. The van der Waals surface area contributed by atoms with Crippen molar-refractivity contribution < 1.29 is 83.6 Å². The molecule has 0 radical (unpaired) electrons. The lowest BCUT2D eigenvalue weighted by Crippen LogP contribution is -2.62. The summed E-state index contributed by atoms with van der Waals surface area (Å²) in [6.45, 7) is 2.02. The molecule has 13 N–H and O–H groups in total. The summed E-state index contributed by atoms with van der Waals surface area (Å²) in [4.78, 5) is 114. The summed E-state index contributed by atoms with van der Waals surface area (Å²) >= 11 is 0. The molecule has 0 spiro atoms. The molecule has 0 aromatic heterocycles. The second-order valence-corrected chi connectivity index (χ2v) is 12.8. The molecule has 0 aromatic carbocycles. The highest BCUT2D eigenvalue weighted by molar-refractivity contribution is 5.98. The number of hydrogen-bond acceptors (Lipinski definition) is 15. The van der Waals surface area contributed by atoms with Crippen molar-refractivity contribution in [2.75, 3.05) is 19.7 Å². The molecule has 314 valence electrons. The van der Waals surface area contributed by atoms with Crippen LogP contribution in [0.5, 0.6) is 0 Å². The Morgan fingerprint density at radius 3 is 1.71 bits per heavy atom. The number of hydrogen-bond donors (Lipinski definition) is 13. The van der Waals surface area contributed by atoms with E-state index in [4.69, 9.17) is 10.3 Å².